The number of thiocarbonyl (C=S) groups is 1. The van der Waals surface area contributed by atoms with Crippen LogP contribution in [0.25, 0.3) is 0 Å². The van der Waals surface area contributed by atoms with Gasteiger partial charge in [0.05, 0.1) is 13.3 Å². The van der Waals surface area contributed by atoms with E-state index >= 15 is 0 Å². The number of nitrogens with zero attached hydrogens (tertiary/aromatic N) is 1. The van der Waals surface area contributed by atoms with E-state index in [4.69, 9.17) is 12.2 Å². The van der Waals surface area contributed by atoms with Crippen molar-refractivity contribution in [3.05, 3.63) is 0 Å². The van der Waals surface area contributed by atoms with Crippen molar-refractivity contribution in [3.8, 4) is 0 Å². The zero-order valence-electron chi connectivity index (χ0n) is 4.77. The third-order valence-electron chi connectivity index (χ3n) is 1.02. The highest BCUT2D eigenvalue weighted by Gasteiger charge is 2.04. The van der Waals surface area contributed by atoms with E-state index in [0.29, 0.717) is 0 Å². The van der Waals surface area contributed by atoms with Gasteiger partial charge in [-0.1, -0.05) is 0 Å². The summed E-state index contributed by atoms with van der Waals surface area (Å²) in [6, 6.07) is 0. The number of hydrogen-bond acceptors (Lipinski definition) is 2. The van der Waals surface area contributed by atoms with Gasteiger partial charge in [0.15, 0.2) is 5.11 Å². The van der Waals surface area contributed by atoms with Gasteiger partial charge in [0, 0.05) is 0 Å². The molecule has 0 saturated carbocycles. The molecule has 8 heavy (non-hydrogen) atoms. The van der Waals surface area contributed by atoms with Gasteiger partial charge in [-0.15, -0.1) is 0 Å². The maximum Gasteiger partial charge on any atom is 0.168 e. The van der Waals surface area contributed by atoms with Crippen molar-refractivity contribution < 1.29 is 0 Å². The third kappa shape index (κ3) is 1.31. The largest absolute Gasteiger partial charge is 0.350 e. The van der Waals surface area contributed by atoms with Crippen LogP contribution in [0.15, 0.2) is 0 Å². The molecule has 3 nitrogen and oxygen atoms in total. The highest BCUT2D eigenvalue weighted by atomic mass is 32.1. The van der Waals surface area contributed by atoms with Crippen LogP contribution in [0, 0.1) is 0 Å². The van der Waals surface area contributed by atoms with Gasteiger partial charge < -0.3 is 10.6 Å². The molecule has 0 aromatic carbocycles. The summed E-state index contributed by atoms with van der Waals surface area (Å²) in [5, 5.41) is 6.71. The van der Waals surface area contributed by atoms with Gasteiger partial charge in [0.2, 0.25) is 0 Å². The Kier molecular flexibility index (Phi) is 1.65. The van der Waals surface area contributed by atoms with Crippen LogP contribution in [0.5, 0.6) is 0 Å². The van der Waals surface area contributed by atoms with Crippen LogP contribution in [0.2, 0.25) is 0 Å². The van der Waals surface area contributed by atoms with Gasteiger partial charge in [-0.3, -0.25) is 4.90 Å². The summed E-state index contributed by atoms with van der Waals surface area (Å²) in [5.41, 5.74) is 0. The second-order valence-corrected chi connectivity index (χ2v) is 2.26. The molecule has 0 radical (unpaired) electrons. The quantitative estimate of drug-likeness (QED) is 0.426. The molecule has 0 unspecified atom stereocenters. The predicted molar refractivity (Wildman–Crippen MR) is 36.4 cm³/mol. The van der Waals surface area contributed by atoms with Crippen molar-refractivity contribution in [2.24, 2.45) is 0 Å². The SMILES string of the molecule is CN1CNC(=S)NC1. The average molecular weight is 131 g/mol. The number of nitrogens with one attached hydrogen (secondary N) is 2. The zero-order chi connectivity index (χ0) is 5.98. The summed E-state index contributed by atoms with van der Waals surface area (Å²) in [6.07, 6.45) is 0. The van der Waals surface area contributed by atoms with E-state index in [1.54, 1.807) is 0 Å². The standard InChI is InChI=1S/C4H9N3S/c1-7-2-5-4(8)6-3-7/h2-3H2,1H3,(H2,5,6,8). The van der Waals surface area contributed by atoms with Crippen LogP contribution >= 0.6 is 12.2 Å². The first-order chi connectivity index (χ1) is 3.79. The van der Waals surface area contributed by atoms with Gasteiger partial charge in [-0.25, -0.2) is 0 Å². The summed E-state index contributed by atoms with van der Waals surface area (Å²) in [7, 11) is 2.02. The van der Waals surface area contributed by atoms with Crippen LogP contribution < -0.4 is 10.6 Å². The van der Waals surface area contributed by atoms with E-state index in [0.717, 1.165) is 18.4 Å². The Morgan fingerprint density at radius 3 is 2.38 bits per heavy atom. The van der Waals surface area contributed by atoms with Crippen molar-refractivity contribution in [1.82, 2.24) is 15.5 Å². The second kappa shape index (κ2) is 2.28. The van der Waals surface area contributed by atoms with Crippen LogP contribution in [0.3, 0.4) is 0 Å². The summed E-state index contributed by atoms with van der Waals surface area (Å²) < 4.78 is 0. The minimum atomic E-state index is 0.753. The predicted octanol–water partition coefficient (Wildman–Crippen LogP) is -0.689. The molecule has 1 rings (SSSR count). The summed E-state index contributed by atoms with van der Waals surface area (Å²) >= 11 is 4.81. The van der Waals surface area contributed by atoms with E-state index < -0.39 is 0 Å². The molecule has 0 aliphatic carbocycles. The average Bonchev–Trinajstić information content (AvgIpc) is 1.77. The fourth-order valence-electron chi connectivity index (χ4n) is 0.532. The minimum absolute atomic E-state index is 0.753. The molecule has 1 aliphatic rings. The van der Waals surface area contributed by atoms with Gasteiger partial charge in [-0.2, -0.15) is 0 Å². The topological polar surface area (TPSA) is 27.3 Å². The Labute approximate surface area is 54.0 Å². The lowest BCUT2D eigenvalue weighted by atomic mass is 10.7. The molecule has 0 atom stereocenters. The van der Waals surface area contributed by atoms with Gasteiger partial charge in [0.25, 0.3) is 0 Å². The summed E-state index contributed by atoms with van der Waals surface area (Å²) in [5.74, 6) is 0. The molecular formula is C4H9N3S. The Morgan fingerprint density at radius 1 is 1.50 bits per heavy atom. The monoisotopic (exact) mass is 131 g/mol. The molecular weight excluding hydrogens is 122 g/mol. The molecule has 46 valence electrons. The molecule has 4 heteroatoms. The Morgan fingerprint density at radius 2 is 2.00 bits per heavy atom. The molecule has 0 amide bonds. The Bertz CT molecular complexity index is 93.5. The van der Waals surface area contributed by atoms with E-state index in [9.17, 15) is 0 Å². The number of hydrogen-bond donors (Lipinski definition) is 2. The molecule has 1 heterocycles. The molecule has 0 aromatic rings. The highest BCUT2D eigenvalue weighted by Crippen LogP contribution is 1.81. The van der Waals surface area contributed by atoms with Gasteiger partial charge in [-0.05, 0) is 19.3 Å². The molecule has 1 aliphatic heterocycles. The lowest BCUT2D eigenvalue weighted by Gasteiger charge is -2.25. The first kappa shape index (κ1) is 5.78. The third-order valence-corrected chi connectivity index (χ3v) is 1.31. The second-order valence-electron chi connectivity index (χ2n) is 1.85. The Balaban J connectivity index is 2.29. The lowest BCUT2D eigenvalue weighted by molar-refractivity contribution is 0.298. The molecule has 0 aromatic heterocycles. The molecule has 2 N–H and O–H groups in total. The van der Waals surface area contributed by atoms with Gasteiger partial charge >= 0.3 is 0 Å². The Hall–Kier alpha value is -0.350. The van der Waals surface area contributed by atoms with Crippen molar-refractivity contribution in [2.45, 2.75) is 0 Å². The van der Waals surface area contributed by atoms with E-state index in [1.165, 1.54) is 0 Å². The van der Waals surface area contributed by atoms with Crippen LogP contribution in [0.4, 0.5) is 0 Å². The first-order valence-corrected chi connectivity index (χ1v) is 2.90. The minimum Gasteiger partial charge on any atom is -0.350 e. The zero-order valence-corrected chi connectivity index (χ0v) is 5.59. The fourth-order valence-corrected chi connectivity index (χ4v) is 0.661. The van der Waals surface area contributed by atoms with Crippen molar-refractivity contribution in [2.75, 3.05) is 20.4 Å². The van der Waals surface area contributed by atoms with E-state index in [-0.39, 0.29) is 0 Å². The van der Waals surface area contributed by atoms with E-state index in [1.807, 2.05) is 7.05 Å². The van der Waals surface area contributed by atoms with Crippen molar-refractivity contribution >= 4 is 17.3 Å². The summed E-state index contributed by atoms with van der Waals surface area (Å²) in [6.45, 7) is 1.71. The molecule has 0 bridgehead atoms. The molecule has 1 saturated heterocycles. The van der Waals surface area contributed by atoms with E-state index in [2.05, 4.69) is 15.5 Å². The van der Waals surface area contributed by atoms with Crippen LogP contribution in [0.1, 0.15) is 0 Å². The van der Waals surface area contributed by atoms with Crippen LogP contribution in [-0.4, -0.2) is 30.4 Å². The van der Waals surface area contributed by atoms with Crippen molar-refractivity contribution in [1.29, 1.82) is 0 Å². The molecule has 1 fully saturated rings. The maximum absolute atomic E-state index is 4.81. The fraction of sp³-hybridized carbons (Fsp3) is 0.750. The van der Waals surface area contributed by atoms with Gasteiger partial charge in [0.1, 0.15) is 0 Å². The molecule has 0 spiro atoms. The highest BCUT2D eigenvalue weighted by molar-refractivity contribution is 7.80. The first-order valence-electron chi connectivity index (χ1n) is 2.49. The summed E-state index contributed by atoms with van der Waals surface area (Å²) in [4.78, 5) is 2.09. The lowest BCUT2D eigenvalue weighted by Crippen LogP contribution is -2.52. The number of rotatable bonds is 0. The normalized spacial score (nSPS) is 21.9. The maximum atomic E-state index is 4.81. The smallest absolute Gasteiger partial charge is 0.168 e. The van der Waals surface area contributed by atoms with Crippen LogP contribution in [-0.2, 0) is 0 Å². The van der Waals surface area contributed by atoms with Crippen molar-refractivity contribution in [3.63, 3.8) is 0 Å².